The van der Waals surface area contributed by atoms with Gasteiger partial charge in [-0.2, -0.15) is 0 Å². The quantitative estimate of drug-likeness (QED) is 0.533. The Bertz CT molecular complexity index is 702. The number of hydrogen-bond acceptors (Lipinski definition) is 3. The van der Waals surface area contributed by atoms with Crippen molar-refractivity contribution >= 4 is 5.96 Å². The Morgan fingerprint density at radius 2 is 1.84 bits per heavy atom. The summed E-state index contributed by atoms with van der Waals surface area (Å²) in [6.45, 7) is 3.91. The molecule has 3 N–H and O–H groups in total. The minimum atomic E-state index is -0.248. The zero-order valence-electron chi connectivity index (χ0n) is 14.6. The zero-order chi connectivity index (χ0) is 18.1. The zero-order valence-corrected chi connectivity index (χ0v) is 14.6. The van der Waals surface area contributed by atoms with Gasteiger partial charge in [0.25, 0.3) is 0 Å². The Morgan fingerprint density at radius 1 is 1.12 bits per heavy atom. The van der Waals surface area contributed by atoms with Crippen LogP contribution in [-0.4, -0.2) is 31.3 Å². The second-order valence-electron chi connectivity index (χ2n) is 5.50. The van der Waals surface area contributed by atoms with Gasteiger partial charge in [-0.05, 0) is 48.7 Å². The van der Waals surface area contributed by atoms with E-state index in [1.165, 1.54) is 19.2 Å². The normalized spacial score (nSPS) is 11.2. The molecule has 0 spiro atoms. The molecule has 25 heavy (non-hydrogen) atoms. The fourth-order valence-corrected chi connectivity index (χ4v) is 2.30. The third kappa shape index (κ3) is 5.99. The van der Waals surface area contributed by atoms with E-state index in [2.05, 4.69) is 15.6 Å². The maximum atomic E-state index is 12.9. The number of halogens is 1. The second-order valence-corrected chi connectivity index (χ2v) is 5.50. The summed E-state index contributed by atoms with van der Waals surface area (Å²) in [5.41, 5.74) is 2.00. The van der Waals surface area contributed by atoms with Gasteiger partial charge in [-0.15, -0.1) is 0 Å². The van der Waals surface area contributed by atoms with Crippen molar-refractivity contribution in [3.63, 3.8) is 0 Å². The molecule has 0 aliphatic heterocycles. The van der Waals surface area contributed by atoms with Gasteiger partial charge in [-0.3, -0.25) is 0 Å². The van der Waals surface area contributed by atoms with E-state index in [4.69, 9.17) is 4.74 Å². The summed E-state index contributed by atoms with van der Waals surface area (Å²) in [4.78, 5) is 4.50. The van der Waals surface area contributed by atoms with Crippen molar-refractivity contribution in [1.29, 1.82) is 0 Å². The lowest BCUT2D eigenvalue weighted by Crippen LogP contribution is -2.38. The Kier molecular flexibility index (Phi) is 7.07. The van der Waals surface area contributed by atoms with Crippen molar-refractivity contribution < 1.29 is 14.2 Å². The number of benzene rings is 2. The lowest BCUT2D eigenvalue weighted by Gasteiger charge is -2.12. The number of phenolic OH excluding ortho intramolecular Hbond substituents is 1. The molecule has 134 valence electrons. The molecule has 0 fully saturated rings. The summed E-state index contributed by atoms with van der Waals surface area (Å²) in [5, 5.41) is 16.1. The molecule has 0 atom stereocenters. The summed E-state index contributed by atoms with van der Waals surface area (Å²) in [5.74, 6) is 1.06. The summed E-state index contributed by atoms with van der Waals surface area (Å²) >= 11 is 0. The van der Waals surface area contributed by atoms with E-state index in [-0.39, 0.29) is 11.6 Å². The lowest BCUT2D eigenvalue weighted by molar-refractivity contribution is 0.373. The minimum Gasteiger partial charge on any atom is -0.504 e. The molecule has 5 nitrogen and oxygen atoms in total. The van der Waals surface area contributed by atoms with Crippen LogP contribution in [0, 0.1) is 5.82 Å². The van der Waals surface area contributed by atoms with Crippen LogP contribution in [0.25, 0.3) is 0 Å². The topological polar surface area (TPSA) is 65.9 Å². The van der Waals surface area contributed by atoms with Crippen LogP contribution in [0.1, 0.15) is 18.1 Å². The van der Waals surface area contributed by atoms with Gasteiger partial charge < -0.3 is 20.5 Å². The van der Waals surface area contributed by atoms with Crippen molar-refractivity contribution in [2.24, 2.45) is 4.99 Å². The number of ether oxygens (including phenoxy) is 1. The van der Waals surface area contributed by atoms with Crippen LogP contribution < -0.4 is 15.4 Å². The van der Waals surface area contributed by atoms with E-state index in [9.17, 15) is 9.50 Å². The molecule has 0 saturated carbocycles. The Balaban J connectivity index is 1.90. The van der Waals surface area contributed by atoms with E-state index in [0.717, 1.165) is 24.1 Å². The fourth-order valence-electron chi connectivity index (χ4n) is 2.30. The van der Waals surface area contributed by atoms with Crippen LogP contribution in [0.5, 0.6) is 11.5 Å². The minimum absolute atomic E-state index is 0.133. The van der Waals surface area contributed by atoms with Crippen LogP contribution in [-0.2, 0) is 13.0 Å². The largest absolute Gasteiger partial charge is 0.504 e. The highest BCUT2D eigenvalue weighted by Crippen LogP contribution is 2.26. The third-order valence-corrected chi connectivity index (χ3v) is 3.63. The Labute approximate surface area is 147 Å². The monoisotopic (exact) mass is 345 g/mol. The first-order valence-corrected chi connectivity index (χ1v) is 8.25. The van der Waals surface area contributed by atoms with E-state index in [1.807, 2.05) is 19.1 Å². The van der Waals surface area contributed by atoms with E-state index < -0.39 is 0 Å². The summed E-state index contributed by atoms with van der Waals surface area (Å²) < 4.78 is 18.0. The molecule has 0 aromatic heterocycles. The molecule has 0 bridgehead atoms. The maximum absolute atomic E-state index is 12.9. The van der Waals surface area contributed by atoms with Gasteiger partial charge >= 0.3 is 0 Å². The van der Waals surface area contributed by atoms with Crippen LogP contribution in [0.15, 0.2) is 47.5 Å². The average Bonchev–Trinajstić information content (AvgIpc) is 2.62. The molecular weight excluding hydrogens is 321 g/mol. The predicted octanol–water partition coefficient (Wildman–Crippen LogP) is 2.84. The highest BCUT2D eigenvalue weighted by atomic mass is 19.1. The maximum Gasteiger partial charge on any atom is 0.191 e. The Morgan fingerprint density at radius 3 is 2.52 bits per heavy atom. The lowest BCUT2D eigenvalue weighted by atomic mass is 10.1. The number of nitrogens with zero attached hydrogens (tertiary/aromatic N) is 1. The SMILES string of the molecule is CCNC(=NCc1ccc(F)cc1)NCCc1ccc(O)c(OC)c1. The summed E-state index contributed by atoms with van der Waals surface area (Å²) in [7, 11) is 1.53. The number of hydrogen-bond donors (Lipinski definition) is 3. The second kappa shape index (κ2) is 9.52. The van der Waals surface area contributed by atoms with Gasteiger partial charge in [-0.1, -0.05) is 18.2 Å². The van der Waals surface area contributed by atoms with Gasteiger partial charge in [0, 0.05) is 13.1 Å². The van der Waals surface area contributed by atoms with Gasteiger partial charge in [0.15, 0.2) is 17.5 Å². The standard InChI is InChI=1S/C19H24FN3O2/c1-3-21-19(23-13-15-4-7-16(20)8-5-15)22-11-10-14-6-9-17(24)18(12-14)25-2/h4-9,12,24H,3,10-11,13H2,1-2H3,(H2,21,22,23). The fraction of sp³-hybridized carbons (Fsp3) is 0.316. The number of aromatic hydroxyl groups is 1. The molecule has 0 heterocycles. The van der Waals surface area contributed by atoms with Crippen molar-refractivity contribution in [2.75, 3.05) is 20.2 Å². The highest BCUT2D eigenvalue weighted by Gasteiger charge is 2.03. The first kappa shape index (κ1) is 18.6. The summed E-state index contributed by atoms with van der Waals surface area (Å²) in [6, 6.07) is 11.6. The summed E-state index contributed by atoms with van der Waals surface area (Å²) in [6.07, 6.45) is 0.762. The molecule has 0 unspecified atom stereocenters. The van der Waals surface area contributed by atoms with E-state index in [1.54, 1.807) is 18.2 Å². The smallest absolute Gasteiger partial charge is 0.191 e. The number of phenols is 1. The van der Waals surface area contributed by atoms with Crippen molar-refractivity contribution in [2.45, 2.75) is 19.9 Å². The number of methoxy groups -OCH3 is 1. The molecule has 6 heteroatoms. The first-order chi connectivity index (χ1) is 12.1. The molecule has 0 amide bonds. The van der Waals surface area contributed by atoms with E-state index in [0.29, 0.717) is 24.8 Å². The number of guanidine groups is 1. The predicted molar refractivity (Wildman–Crippen MR) is 97.6 cm³/mol. The highest BCUT2D eigenvalue weighted by molar-refractivity contribution is 5.79. The van der Waals surface area contributed by atoms with Gasteiger partial charge in [0.05, 0.1) is 13.7 Å². The van der Waals surface area contributed by atoms with Crippen molar-refractivity contribution in [3.8, 4) is 11.5 Å². The van der Waals surface area contributed by atoms with Crippen molar-refractivity contribution in [3.05, 3.63) is 59.4 Å². The number of aliphatic imine (C=N–C) groups is 1. The first-order valence-electron chi connectivity index (χ1n) is 8.25. The third-order valence-electron chi connectivity index (χ3n) is 3.63. The molecule has 0 aliphatic rings. The molecular formula is C19H24FN3O2. The van der Waals surface area contributed by atoms with Gasteiger partial charge in [0.1, 0.15) is 5.82 Å². The van der Waals surface area contributed by atoms with Gasteiger partial charge in [-0.25, -0.2) is 9.38 Å². The Hall–Kier alpha value is -2.76. The van der Waals surface area contributed by atoms with Gasteiger partial charge in [0.2, 0.25) is 0 Å². The molecule has 0 aliphatic carbocycles. The average molecular weight is 345 g/mol. The van der Waals surface area contributed by atoms with Crippen LogP contribution in [0.2, 0.25) is 0 Å². The van der Waals surface area contributed by atoms with E-state index >= 15 is 0 Å². The molecule has 2 rings (SSSR count). The van der Waals surface area contributed by atoms with Crippen molar-refractivity contribution in [1.82, 2.24) is 10.6 Å². The molecule has 0 saturated heterocycles. The van der Waals surface area contributed by atoms with Crippen LogP contribution >= 0.6 is 0 Å². The number of rotatable bonds is 7. The molecule has 2 aromatic rings. The molecule has 2 aromatic carbocycles. The molecule has 0 radical (unpaired) electrons. The van der Waals surface area contributed by atoms with Crippen LogP contribution in [0.3, 0.4) is 0 Å². The van der Waals surface area contributed by atoms with Crippen LogP contribution in [0.4, 0.5) is 4.39 Å². The number of nitrogens with one attached hydrogen (secondary N) is 2.